The van der Waals surface area contributed by atoms with Gasteiger partial charge in [-0.3, -0.25) is 0 Å². The molecule has 0 atom stereocenters. The molecule has 88 valence electrons. The third-order valence-electron chi connectivity index (χ3n) is 2.41. The Morgan fingerprint density at radius 3 is 2.88 bits per heavy atom. The quantitative estimate of drug-likeness (QED) is 0.884. The van der Waals surface area contributed by atoms with Gasteiger partial charge < -0.3 is 5.32 Å². The van der Waals surface area contributed by atoms with Crippen molar-refractivity contribution < 1.29 is 4.39 Å². The molecule has 2 nitrogen and oxygen atoms in total. The van der Waals surface area contributed by atoms with Gasteiger partial charge in [-0.1, -0.05) is 30.7 Å². The zero-order valence-electron chi connectivity index (χ0n) is 9.37. The van der Waals surface area contributed by atoms with Crippen molar-refractivity contribution in [2.24, 2.45) is 0 Å². The van der Waals surface area contributed by atoms with Gasteiger partial charge in [-0.2, -0.15) is 0 Å². The van der Waals surface area contributed by atoms with Crippen molar-refractivity contribution >= 4 is 23.1 Å². The van der Waals surface area contributed by atoms with E-state index in [1.165, 1.54) is 17.8 Å². The monoisotopic (exact) mass is 250 g/mol. The molecule has 4 heteroatoms. The SMILES string of the molecule is CCc1cccc(Nc2ncc(Cl)cc2F)c1. The van der Waals surface area contributed by atoms with Crippen LogP contribution < -0.4 is 5.32 Å². The molecule has 0 aliphatic carbocycles. The fourth-order valence-corrected chi connectivity index (χ4v) is 1.66. The van der Waals surface area contributed by atoms with Crippen molar-refractivity contribution in [2.75, 3.05) is 5.32 Å². The van der Waals surface area contributed by atoms with Gasteiger partial charge in [0.1, 0.15) is 0 Å². The number of nitrogens with one attached hydrogen (secondary N) is 1. The zero-order chi connectivity index (χ0) is 12.3. The molecule has 0 radical (unpaired) electrons. The summed E-state index contributed by atoms with van der Waals surface area (Å²) in [5, 5.41) is 3.22. The fraction of sp³-hybridized carbons (Fsp3) is 0.154. The molecule has 0 aliphatic rings. The standard InChI is InChI=1S/C13H12ClFN2/c1-2-9-4-3-5-11(6-9)17-13-12(15)7-10(14)8-16-13/h3-8H,2H2,1H3,(H,16,17). The van der Waals surface area contributed by atoms with Gasteiger partial charge in [0.15, 0.2) is 11.6 Å². The van der Waals surface area contributed by atoms with Crippen molar-refractivity contribution in [3.8, 4) is 0 Å². The van der Waals surface area contributed by atoms with E-state index in [9.17, 15) is 4.39 Å². The number of pyridine rings is 1. The second-order valence-corrected chi connectivity index (χ2v) is 4.10. The molecule has 0 aliphatic heterocycles. The van der Waals surface area contributed by atoms with Crippen molar-refractivity contribution in [3.63, 3.8) is 0 Å². The number of benzene rings is 1. The van der Waals surface area contributed by atoms with Gasteiger partial charge >= 0.3 is 0 Å². The topological polar surface area (TPSA) is 24.9 Å². The van der Waals surface area contributed by atoms with Crippen LogP contribution in [-0.2, 0) is 6.42 Å². The molecule has 0 unspecified atom stereocenters. The molecule has 2 aromatic rings. The summed E-state index contributed by atoms with van der Waals surface area (Å²) in [6, 6.07) is 9.02. The third-order valence-corrected chi connectivity index (χ3v) is 2.61. The number of hydrogen-bond donors (Lipinski definition) is 1. The number of halogens is 2. The highest BCUT2D eigenvalue weighted by atomic mass is 35.5. The minimum absolute atomic E-state index is 0.183. The number of rotatable bonds is 3. The van der Waals surface area contributed by atoms with Crippen LogP contribution in [0.25, 0.3) is 0 Å². The van der Waals surface area contributed by atoms with Gasteiger partial charge in [0, 0.05) is 11.9 Å². The van der Waals surface area contributed by atoms with E-state index in [2.05, 4.69) is 17.2 Å². The summed E-state index contributed by atoms with van der Waals surface area (Å²) < 4.78 is 13.5. The van der Waals surface area contributed by atoms with E-state index in [1.54, 1.807) is 0 Å². The van der Waals surface area contributed by atoms with E-state index in [4.69, 9.17) is 11.6 Å². The second kappa shape index (κ2) is 5.15. The summed E-state index contributed by atoms with van der Waals surface area (Å²) in [5.74, 6) is -0.276. The van der Waals surface area contributed by atoms with E-state index in [-0.39, 0.29) is 10.8 Å². The van der Waals surface area contributed by atoms with Crippen LogP contribution in [0.4, 0.5) is 15.9 Å². The summed E-state index contributed by atoms with van der Waals surface area (Å²) in [6.45, 7) is 2.07. The van der Waals surface area contributed by atoms with Gasteiger partial charge in [0.25, 0.3) is 0 Å². The predicted molar refractivity (Wildman–Crippen MR) is 68.3 cm³/mol. The number of aromatic nitrogens is 1. The normalized spacial score (nSPS) is 10.3. The minimum Gasteiger partial charge on any atom is -0.338 e. The molecule has 1 aromatic heterocycles. The van der Waals surface area contributed by atoms with Crippen LogP contribution in [0, 0.1) is 5.82 Å². The van der Waals surface area contributed by atoms with Crippen molar-refractivity contribution in [1.29, 1.82) is 0 Å². The molecule has 2 rings (SSSR count). The van der Waals surface area contributed by atoms with Gasteiger partial charge in [0.05, 0.1) is 5.02 Å². The van der Waals surface area contributed by atoms with Crippen LogP contribution >= 0.6 is 11.6 Å². The summed E-state index contributed by atoms with van der Waals surface area (Å²) in [4.78, 5) is 3.91. The Bertz CT molecular complexity index is 529. The molecule has 1 heterocycles. The first kappa shape index (κ1) is 11.9. The van der Waals surface area contributed by atoms with Crippen molar-refractivity contribution in [3.05, 3.63) is 52.9 Å². The van der Waals surface area contributed by atoms with Gasteiger partial charge in [0.2, 0.25) is 0 Å². The average molecular weight is 251 g/mol. The van der Waals surface area contributed by atoms with Crippen LogP contribution in [0.2, 0.25) is 5.02 Å². The molecule has 0 amide bonds. The lowest BCUT2D eigenvalue weighted by Gasteiger charge is -2.07. The van der Waals surface area contributed by atoms with Crippen LogP contribution in [-0.4, -0.2) is 4.98 Å². The first-order chi connectivity index (χ1) is 8.19. The van der Waals surface area contributed by atoms with Crippen LogP contribution in [0.1, 0.15) is 12.5 Å². The van der Waals surface area contributed by atoms with Crippen LogP contribution in [0.5, 0.6) is 0 Å². The van der Waals surface area contributed by atoms with Crippen molar-refractivity contribution in [2.45, 2.75) is 13.3 Å². The van der Waals surface area contributed by atoms with E-state index >= 15 is 0 Å². The Morgan fingerprint density at radius 1 is 1.35 bits per heavy atom. The third kappa shape index (κ3) is 2.94. The first-order valence-corrected chi connectivity index (χ1v) is 5.74. The Morgan fingerprint density at radius 2 is 2.18 bits per heavy atom. The number of aryl methyl sites for hydroxylation is 1. The molecule has 0 saturated carbocycles. The van der Waals surface area contributed by atoms with Crippen LogP contribution in [0.3, 0.4) is 0 Å². The molecule has 1 aromatic carbocycles. The molecular weight excluding hydrogens is 239 g/mol. The van der Waals surface area contributed by atoms with E-state index in [0.29, 0.717) is 0 Å². The highest BCUT2D eigenvalue weighted by molar-refractivity contribution is 6.30. The number of hydrogen-bond acceptors (Lipinski definition) is 2. The largest absolute Gasteiger partial charge is 0.338 e. The molecule has 0 bridgehead atoms. The maximum atomic E-state index is 13.5. The van der Waals surface area contributed by atoms with E-state index in [1.807, 2.05) is 24.3 Å². The Hall–Kier alpha value is -1.61. The summed E-state index contributed by atoms with van der Waals surface area (Å²) in [7, 11) is 0. The highest BCUT2D eigenvalue weighted by Gasteiger charge is 2.04. The lowest BCUT2D eigenvalue weighted by atomic mass is 10.1. The second-order valence-electron chi connectivity index (χ2n) is 3.66. The van der Waals surface area contributed by atoms with Crippen LogP contribution in [0.15, 0.2) is 36.5 Å². The molecule has 17 heavy (non-hydrogen) atoms. The first-order valence-electron chi connectivity index (χ1n) is 5.36. The highest BCUT2D eigenvalue weighted by Crippen LogP contribution is 2.20. The molecule has 0 fully saturated rings. The maximum absolute atomic E-state index is 13.5. The van der Waals surface area contributed by atoms with E-state index in [0.717, 1.165) is 12.1 Å². The maximum Gasteiger partial charge on any atom is 0.167 e. The molecular formula is C13H12ClFN2. The Kier molecular flexibility index (Phi) is 3.59. The number of anilines is 2. The summed E-state index contributed by atoms with van der Waals surface area (Å²) in [5.41, 5.74) is 2.00. The Labute approximate surface area is 104 Å². The Balaban J connectivity index is 2.25. The lowest BCUT2D eigenvalue weighted by molar-refractivity contribution is 0.626. The molecule has 1 N–H and O–H groups in total. The smallest absolute Gasteiger partial charge is 0.167 e. The molecule has 0 saturated heterocycles. The van der Waals surface area contributed by atoms with E-state index < -0.39 is 5.82 Å². The molecule has 0 spiro atoms. The van der Waals surface area contributed by atoms with Gasteiger partial charge in [-0.25, -0.2) is 9.37 Å². The average Bonchev–Trinajstić information content (AvgIpc) is 2.33. The predicted octanol–water partition coefficient (Wildman–Crippen LogP) is 4.18. The van der Waals surface area contributed by atoms with Gasteiger partial charge in [-0.05, 0) is 30.2 Å². The minimum atomic E-state index is -0.459. The van der Waals surface area contributed by atoms with Crippen molar-refractivity contribution in [1.82, 2.24) is 4.98 Å². The lowest BCUT2D eigenvalue weighted by Crippen LogP contribution is -1.97. The summed E-state index contributed by atoms with van der Waals surface area (Å²) in [6.07, 6.45) is 2.35. The number of nitrogens with zero attached hydrogens (tertiary/aromatic N) is 1. The fourth-order valence-electron chi connectivity index (χ4n) is 1.51. The zero-order valence-corrected chi connectivity index (χ0v) is 10.1. The summed E-state index contributed by atoms with van der Waals surface area (Å²) >= 11 is 5.64. The van der Waals surface area contributed by atoms with Gasteiger partial charge in [-0.15, -0.1) is 0 Å².